The van der Waals surface area contributed by atoms with Crippen molar-refractivity contribution >= 4 is 10.9 Å². The van der Waals surface area contributed by atoms with Crippen molar-refractivity contribution in [1.82, 2.24) is 4.98 Å². The quantitative estimate of drug-likeness (QED) is 0.675. The van der Waals surface area contributed by atoms with Crippen molar-refractivity contribution in [3.05, 3.63) is 41.6 Å². The van der Waals surface area contributed by atoms with Crippen molar-refractivity contribution in [3.8, 4) is 0 Å². The zero-order chi connectivity index (χ0) is 10.1. The number of pyridine rings is 1. The van der Waals surface area contributed by atoms with Crippen molar-refractivity contribution in [2.24, 2.45) is 0 Å². The first-order chi connectivity index (χ1) is 6.70. The second-order valence-electron chi connectivity index (χ2n) is 3.16. The van der Waals surface area contributed by atoms with Crippen LogP contribution in [-0.2, 0) is 0 Å². The largest absolute Gasteiger partial charge is 0.265 e. The summed E-state index contributed by atoms with van der Waals surface area (Å²) in [6.45, 7) is 1.70. The molecular formula is C11H9F2N. The van der Waals surface area contributed by atoms with Crippen LogP contribution in [0.4, 0.5) is 8.78 Å². The van der Waals surface area contributed by atoms with Gasteiger partial charge < -0.3 is 0 Å². The molecule has 0 radical (unpaired) electrons. The molecule has 1 aromatic heterocycles. The number of hydrogen-bond acceptors (Lipinski definition) is 1. The molecule has 2 rings (SSSR count). The van der Waals surface area contributed by atoms with Crippen LogP contribution in [0.15, 0.2) is 30.5 Å². The maximum Gasteiger partial charge on any atom is 0.265 e. The van der Waals surface area contributed by atoms with Gasteiger partial charge in [0.15, 0.2) is 0 Å². The van der Waals surface area contributed by atoms with E-state index in [-0.39, 0.29) is 5.56 Å². The first-order valence-corrected chi connectivity index (χ1v) is 4.32. The number of para-hydroxylation sites is 1. The Kier molecular flexibility index (Phi) is 2.15. The Labute approximate surface area is 80.4 Å². The molecular weight excluding hydrogens is 184 g/mol. The van der Waals surface area contributed by atoms with E-state index in [2.05, 4.69) is 4.98 Å². The standard InChI is InChI=1S/C11H9F2N/c1-7-8-4-2-3-5-10(8)14-6-9(7)11(12)13/h2-6,11H,1H3. The summed E-state index contributed by atoms with van der Waals surface area (Å²) < 4.78 is 25.0. The third-order valence-electron chi connectivity index (χ3n) is 2.32. The molecule has 0 saturated carbocycles. The topological polar surface area (TPSA) is 12.9 Å². The number of halogens is 2. The van der Waals surface area contributed by atoms with Gasteiger partial charge in [-0.1, -0.05) is 18.2 Å². The Balaban J connectivity index is 2.75. The molecule has 0 atom stereocenters. The number of fused-ring (bicyclic) bond motifs is 1. The number of benzene rings is 1. The second-order valence-corrected chi connectivity index (χ2v) is 3.16. The van der Waals surface area contributed by atoms with Gasteiger partial charge in [0, 0.05) is 17.1 Å². The number of nitrogens with zero attached hydrogens (tertiary/aromatic N) is 1. The summed E-state index contributed by atoms with van der Waals surface area (Å²) in [5, 5.41) is 0.797. The van der Waals surface area contributed by atoms with Gasteiger partial charge in [0.1, 0.15) is 0 Å². The van der Waals surface area contributed by atoms with Crippen LogP contribution in [-0.4, -0.2) is 4.98 Å². The molecule has 1 aromatic carbocycles. The molecule has 14 heavy (non-hydrogen) atoms. The normalized spacial score (nSPS) is 11.1. The first-order valence-electron chi connectivity index (χ1n) is 4.32. The second kappa shape index (κ2) is 3.33. The average Bonchev–Trinajstić information content (AvgIpc) is 2.18. The van der Waals surface area contributed by atoms with Crippen molar-refractivity contribution in [2.75, 3.05) is 0 Å². The lowest BCUT2D eigenvalue weighted by Crippen LogP contribution is -1.92. The Bertz CT molecular complexity index is 466. The number of alkyl halides is 2. The van der Waals surface area contributed by atoms with E-state index in [9.17, 15) is 8.78 Å². The minimum absolute atomic E-state index is 0.0173. The number of aryl methyl sites for hydroxylation is 1. The van der Waals surface area contributed by atoms with Crippen LogP contribution >= 0.6 is 0 Å². The molecule has 0 aliphatic carbocycles. The molecule has 1 nitrogen and oxygen atoms in total. The van der Waals surface area contributed by atoms with Crippen LogP contribution in [0.5, 0.6) is 0 Å². The maximum atomic E-state index is 12.5. The van der Waals surface area contributed by atoms with Crippen molar-refractivity contribution < 1.29 is 8.78 Å². The van der Waals surface area contributed by atoms with E-state index in [1.807, 2.05) is 24.3 Å². The van der Waals surface area contributed by atoms with Crippen LogP contribution in [0.25, 0.3) is 10.9 Å². The first kappa shape index (κ1) is 9.06. The average molecular weight is 193 g/mol. The third-order valence-corrected chi connectivity index (χ3v) is 2.32. The van der Waals surface area contributed by atoms with Crippen molar-refractivity contribution in [2.45, 2.75) is 13.3 Å². The van der Waals surface area contributed by atoms with Crippen LogP contribution < -0.4 is 0 Å². The Morgan fingerprint density at radius 1 is 1.21 bits per heavy atom. The molecule has 0 aliphatic heterocycles. The molecule has 2 aromatic rings. The van der Waals surface area contributed by atoms with E-state index in [0.717, 1.165) is 10.9 Å². The fraction of sp³-hybridized carbons (Fsp3) is 0.182. The van der Waals surface area contributed by atoms with Crippen LogP contribution in [0.2, 0.25) is 0 Å². The van der Waals surface area contributed by atoms with Gasteiger partial charge in [0.25, 0.3) is 6.43 Å². The van der Waals surface area contributed by atoms with Crippen LogP contribution in [0.1, 0.15) is 17.6 Å². The van der Waals surface area contributed by atoms with E-state index in [0.29, 0.717) is 5.56 Å². The van der Waals surface area contributed by atoms with Crippen LogP contribution in [0.3, 0.4) is 0 Å². The lowest BCUT2D eigenvalue weighted by Gasteiger charge is -2.06. The molecule has 0 N–H and O–H groups in total. The summed E-state index contributed by atoms with van der Waals surface area (Å²) in [6, 6.07) is 7.30. The Hall–Kier alpha value is -1.51. The monoisotopic (exact) mass is 193 g/mol. The molecule has 0 spiro atoms. The zero-order valence-electron chi connectivity index (χ0n) is 7.67. The fourth-order valence-corrected chi connectivity index (χ4v) is 1.51. The maximum absolute atomic E-state index is 12.5. The number of rotatable bonds is 1. The van der Waals surface area contributed by atoms with Gasteiger partial charge in [0.05, 0.1) is 5.52 Å². The predicted octanol–water partition coefficient (Wildman–Crippen LogP) is 3.48. The van der Waals surface area contributed by atoms with Crippen LogP contribution in [0, 0.1) is 6.92 Å². The van der Waals surface area contributed by atoms with E-state index in [1.54, 1.807) is 6.92 Å². The molecule has 0 aliphatic rings. The van der Waals surface area contributed by atoms with Gasteiger partial charge in [-0.3, -0.25) is 4.98 Å². The molecule has 0 fully saturated rings. The van der Waals surface area contributed by atoms with Gasteiger partial charge in [-0.15, -0.1) is 0 Å². The number of hydrogen-bond donors (Lipinski definition) is 0. The minimum atomic E-state index is -2.45. The number of aromatic nitrogens is 1. The summed E-state index contributed by atoms with van der Waals surface area (Å²) >= 11 is 0. The molecule has 1 heterocycles. The smallest absolute Gasteiger partial charge is 0.256 e. The molecule has 72 valence electrons. The SMILES string of the molecule is Cc1c(C(F)F)cnc2ccccc12. The fourth-order valence-electron chi connectivity index (χ4n) is 1.51. The lowest BCUT2D eigenvalue weighted by atomic mass is 10.1. The minimum Gasteiger partial charge on any atom is -0.256 e. The summed E-state index contributed by atoms with van der Waals surface area (Å²) in [6.07, 6.45) is -1.20. The molecule has 3 heteroatoms. The predicted molar refractivity (Wildman–Crippen MR) is 51.4 cm³/mol. The van der Waals surface area contributed by atoms with E-state index >= 15 is 0 Å². The highest BCUT2D eigenvalue weighted by atomic mass is 19.3. The highest BCUT2D eigenvalue weighted by Crippen LogP contribution is 2.26. The highest BCUT2D eigenvalue weighted by molar-refractivity contribution is 5.82. The van der Waals surface area contributed by atoms with Gasteiger partial charge in [-0.05, 0) is 18.6 Å². The van der Waals surface area contributed by atoms with Crippen molar-refractivity contribution in [1.29, 1.82) is 0 Å². The molecule has 0 saturated heterocycles. The molecule has 0 unspecified atom stereocenters. The Morgan fingerprint density at radius 2 is 1.93 bits per heavy atom. The third kappa shape index (κ3) is 1.35. The summed E-state index contributed by atoms with van der Waals surface area (Å²) in [5.74, 6) is 0. The van der Waals surface area contributed by atoms with E-state index in [1.165, 1.54) is 6.20 Å². The van der Waals surface area contributed by atoms with E-state index < -0.39 is 6.43 Å². The van der Waals surface area contributed by atoms with Gasteiger partial charge >= 0.3 is 0 Å². The van der Waals surface area contributed by atoms with Gasteiger partial charge in [-0.2, -0.15) is 0 Å². The summed E-state index contributed by atoms with van der Waals surface area (Å²) in [5.41, 5.74) is 1.39. The summed E-state index contributed by atoms with van der Waals surface area (Å²) in [7, 11) is 0. The molecule has 0 amide bonds. The van der Waals surface area contributed by atoms with Crippen molar-refractivity contribution in [3.63, 3.8) is 0 Å². The Morgan fingerprint density at radius 3 is 2.64 bits per heavy atom. The highest BCUT2D eigenvalue weighted by Gasteiger charge is 2.12. The van der Waals surface area contributed by atoms with Gasteiger partial charge in [-0.25, -0.2) is 8.78 Å². The molecule has 0 bridgehead atoms. The lowest BCUT2D eigenvalue weighted by molar-refractivity contribution is 0.150. The van der Waals surface area contributed by atoms with E-state index in [4.69, 9.17) is 0 Å². The summed E-state index contributed by atoms with van der Waals surface area (Å²) in [4.78, 5) is 3.98. The van der Waals surface area contributed by atoms with Gasteiger partial charge in [0.2, 0.25) is 0 Å². The zero-order valence-corrected chi connectivity index (χ0v) is 7.67.